The van der Waals surface area contributed by atoms with Crippen LogP contribution in [-0.4, -0.2) is 49.3 Å². The van der Waals surface area contributed by atoms with Crippen molar-refractivity contribution >= 4 is 27.4 Å². The smallest absolute Gasteiger partial charge is 0.310 e. The van der Waals surface area contributed by atoms with Gasteiger partial charge in [-0.25, -0.2) is 0 Å². The fourth-order valence-corrected chi connectivity index (χ4v) is 5.02. The number of thiophene rings is 1. The molecular formula is C20H25NO3S. The second-order valence-corrected chi connectivity index (χ2v) is 7.88. The van der Waals surface area contributed by atoms with E-state index in [0.29, 0.717) is 12.5 Å². The van der Waals surface area contributed by atoms with Crippen molar-refractivity contribution in [1.82, 2.24) is 4.90 Å². The highest BCUT2D eigenvalue weighted by Gasteiger charge is 2.33. The largest absolute Gasteiger partial charge is 0.460 e. The summed E-state index contributed by atoms with van der Waals surface area (Å²) in [5.74, 6) is -0.0916. The number of hydrogen-bond donors (Lipinski definition) is 0. The zero-order chi connectivity index (χ0) is 17.1. The van der Waals surface area contributed by atoms with Crippen molar-refractivity contribution in [3.05, 3.63) is 35.2 Å². The van der Waals surface area contributed by atoms with Crippen molar-refractivity contribution in [3.63, 3.8) is 0 Å². The first-order valence-electron chi connectivity index (χ1n) is 9.27. The van der Waals surface area contributed by atoms with Gasteiger partial charge in [0.2, 0.25) is 0 Å². The molecule has 25 heavy (non-hydrogen) atoms. The van der Waals surface area contributed by atoms with Crippen molar-refractivity contribution in [2.75, 3.05) is 26.3 Å². The molecule has 0 bridgehead atoms. The van der Waals surface area contributed by atoms with Crippen LogP contribution in [0.3, 0.4) is 0 Å². The number of nitrogens with zero attached hydrogens (tertiary/aromatic N) is 1. The number of carbonyl (C=O) groups is 1. The van der Waals surface area contributed by atoms with Gasteiger partial charge in [0.15, 0.2) is 0 Å². The molecule has 4 nitrogen and oxygen atoms in total. The lowest BCUT2D eigenvalue weighted by molar-refractivity contribution is -0.155. The number of fused-ring (bicyclic) bond motifs is 1. The Bertz CT molecular complexity index is 723. The van der Waals surface area contributed by atoms with Gasteiger partial charge in [-0.3, -0.25) is 9.69 Å². The summed E-state index contributed by atoms with van der Waals surface area (Å²) < 4.78 is 12.6. The van der Waals surface area contributed by atoms with Crippen molar-refractivity contribution in [2.24, 2.45) is 0 Å². The normalized spacial score (nSPS) is 25.1. The molecule has 2 aromatic rings. The Labute approximate surface area is 152 Å². The quantitative estimate of drug-likeness (QED) is 0.782. The number of morpholine rings is 1. The van der Waals surface area contributed by atoms with Crippen LogP contribution in [0.15, 0.2) is 29.6 Å². The summed E-state index contributed by atoms with van der Waals surface area (Å²) in [4.78, 5) is 15.1. The Hall–Kier alpha value is -1.43. The first-order chi connectivity index (χ1) is 12.3. The van der Waals surface area contributed by atoms with E-state index in [9.17, 15) is 4.79 Å². The molecule has 5 heteroatoms. The second kappa shape index (κ2) is 7.85. The molecule has 2 heterocycles. The van der Waals surface area contributed by atoms with E-state index in [1.165, 1.54) is 16.5 Å². The lowest BCUT2D eigenvalue weighted by atomic mass is 9.91. The van der Waals surface area contributed by atoms with Gasteiger partial charge in [-0.05, 0) is 41.7 Å². The highest BCUT2D eigenvalue weighted by molar-refractivity contribution is 7.17. The van der Waals surface area contributed by atoms with E-state index >= 15 is 0 Å². The lowest BCUT2D eigenvalue weighted by Gasteiger charge is -2.41. The van der Waals surface area contributed by atoms with Gasteiger partial charge in [0.05, 0.1) is 19.6 Å². The van der Waals surface area contributed by atoms with Crippen LogP contribution in [0.25, 0.3) is 10.1 Å². The van der Waals surface area contributed by atoms with Crippen molar-refractivity contribution in [3.8, 4) is 0 Å². The van der Waals surface area contributed by atoms with Gasteiger partial charge < -0.3 is 9.47 Å². The van der Waals surface area contributed by atoms with Crippen molar-refractivity contribution < 1.29 is 14.3 Å². The number of benzene rings is 1. The summed E-state index contributed by atoms with van der Waals surface area (Å²) in [7, 11) is 0. The molecule has 0 spiro atoms. The monoisotopic (exact) mass is 359 g/mol. The van der Waals surface area contributed by atoms with Crippen LogP contribution >= 0.6 is 11.3 Å². The number of carbonyl (C=O) groups excluding carboxylic acids is 1. The minimum atomic E-state index is -0.0916. The molecule has 1 aliphatic heterocycles. The minimum absolute atomic E-state index is 0.0295. The molecule has 1 aromatic heterocycles. The maximum atomic E-state index is 12.6. The second-order valence-electron chi connectivity index (χ2n) is 6.96. The third-order valence-electron chi connectivity index (χ3n) is 5.36. The summed E-state index contributed by atoms with van der Waals surface area (Å²) in [5, 5.41) is 3.29. The molecule has 0 radical (unpaired) electrons. The first-order valence-corrected chi connectivity index (χ1v) is 10.2. The standard InChI is InChI=1S/C20H25NO3S/c22-19(14-16-5-3-4-15-8-13-25-20(15)16)24-18-7-2-1-6-17(18)21-9-11-23-12-10-21/h3-5,8,13,17-18H,1-2,6-7,9-12,14H2. The fraction of sp³-hybridized carbons (Fsp3) is 0.550. The average molecular weight is 359 g/mol. The number of ether oxygens (including phenoxy) is 2. The molecular weight excluding hydrogens is 334 g/mol. The topological polar surface area (TPSA) is 38.8 Å². The molecule has 0 amide bonds. The number of esters is 1. The summed E-state index contributed by atoms with van der Waals surface area (Å²) in [6.07, 6.45) is 4.88. The molecule has 2 aliphatic rings. The number of hydrogen-bond acceptors (Lipinski definition) is 5. The van der Waals surface area contributed by atoms with Gasteiger partial charge in [-0.1, -0.05) is 24.6 Å². The molecule has 134 valence electrons. The van der Waals surface area contributed by atoms with E-state index in [2.05, 4.69) is 22.4 Å². The predicted octanol–water partition coefficient (Wildman–Crippen LogP) is 3.63. The van der Waals surface area contributed by atoms with E-state index in [4.69, 9.17) is 9.47 Å². The van der Waals surface area contributed by atoms with Crippen LogP contribution in [0.2, 0.25) is 0 Å². The first kappa shape index (κ1) is 17.0. The Morgan fingerprint density at radius 2 is 2.04 bits per heavy atom. The van der Waals surface area contributed by atoms with Gasteiger partial charge in [-0.15, -0.1) is 11.3 Å². The van der Waals surface area contributed by atoms with Crippen LogP contribution < -0.4 is 0 Å². The molecule has 2 fully saturated rings. The highest BCUT2D eigenvalue weighted by atomic mass is 32.1. The van der Waals surface area contributed by atoms with Gasteiger partial charge in [-0.2, -0.15) is 0 Å². The summed E-state index contributed by atoms with van der Waals surface area (Å²) in [6, 6.07) is 8.62. The third-order valence-corrected chi connectivity index (χ3v) is 6.37. The van der Waals surface area contributed by atoms with Crippen molar-refractivity contribution in [1.29, 1.82) is 0 Å². The van der Waals surface area contributed by atoms with Crippen LogP contribution in [0.4, 0.5) is 0 Å². The maximum Gasteiger partial charge on any atom is 0.310 e. The summed E-state index contributed by atoms with van der Waals surface area (Å²) in [5.41, 5.74) is 1.08. The molecule has 1 saturated heterocycles. The van der Waals surface area contributed by atoms with Gasteiger partial charge in [0, 0.05) is 23.8 Å². The molecule has 1 aliphatic carbocycles. The van der Waals surface area contributed by atoms with E-state index < -0.39 is 0 Å². The Kier molecular flexibility index (Phi) is 5.34. The molecule has 4 rings (SSSR count). The zero-order valence-corrected chi connectivity index (χ0v) is 15.3. The third kappa shape index (κ3) is 3.89. The van der Waals surface area contributed by atoms with Crippen LogP contribution in [0.5, 0.6) is 0 Å². The molecule has 1 aromatic carbocycles. The fourth-order valence-electron chi connectivity index (χ4n) is 4.10. The minimum Gasteiger partial charge on any atom is -0.460 e. The average Bonchev–Trinajstić information content (AvgIpc) is 3.13. The zero-order valence-electron chi connectivity index (χ0n) is 14.5. The Morgan fingerprint density at radius 1 is 1.20 bits per heavy atom. The molecule has 2 atom stereocenters. The summed E-state index contributed by atoms with van der Waals surface area (Å²) >= 11 is 1.70. The Balaban J connectivity index is 1.42. The number of rotatable bonds is 4. The molecule has 0 N–H and O–H groups in total. The van der Waals surface area contributed by atoms with Gasteiger partial charge in [0.1, 0.15) is 6.10 Å². The van der Waals surface area contributed by atoms with Gasteiger partial charge >= 0.3 is 5.97 Å². The van der Waals surface area contributed by atoms with E-state index in [-0.39, 0.29) is 12.1 Å². The van der Waals surface area contributed by atoms with Gasteiger partial charge in [0.25, 0.3) is 0 Å². The van der Waals surface area contributed by atoms with Crippen LogP contribution in [0.1, 0.15) is 31.2 Å². The Morgan fingerprint density at radius 3 is 2.92 bits per heavy atom. The summed E-state index contributed by atoms with van der Waals surface area (Å²) in [6.45, 7) is 3.48. The molecule has 1 saturated carbocycles. The van der Waals surface area contributed by atoms with Crippen LogP contribution in [0, 0.1) is 0 Å². The highest BCUT2D eigenvalue weighted by Crippen LogP contribution is 2.28. The predicted molar refractivity (Wildman–Crippen MR) is 100 cm³/mol. The van der Waals surface area contributed by atoms with E-state index in [0.717, 1.165) is 51.1 Å². The van der Waals surface area contributed by atoms with Crippen molar-refractivity contribution in [2.45, 2.75) is 44.2 Å². The molecule has 2 unspecified atom stereocenters. The van der Waals surface area contributed by atoms with E-state index in [1.807, 2.05) is 12.1 Å². The SMILES string of the molecule is O=C(Cc1cccc2ccsc12)OC1CCCCC1N1CCOCC1. The maximum absolute atomic E-state index is 12.6. The lowest BCUT2D eigenvalue weighted by Crippen LogP contribution is -2.51. The van der Waals surface area contributed by atoms with E-state index in [1.54, 1.807) is 11.3 Å². The van der Waals surface area contributed by atoms with Crippen LogP contribution in [-0.2, 0) is 20.7 Å².